The van der Waals surface area contributed by atoms with Crippen LogP contribution in [-0.4, -0.2) is 18.1 Å². The minimum absolute atomic E-state index is 0.294. The first kappa shape index (κ1) is 13.8. The van der Waals surface area contributed by atoms with Gasteiger partial charge in [0.25, 0.3) is 0 Å². The van der Waals surface area contributed by atoms with E-state index in [-0.39, 0.29) is 17.4 Å². The third-order valence-corrected chi connectivity index (χ3v) is 3.53. The predicted molar refractivity (Wildman–Crippen MR) is 73.4 cm³/mol. The Hall–Kier alpha value is -1.62. The van der Waals surface area contributed by atoms with Crippen molar-refractivity contribution in [3.8, 4) is 0 Å². The van der Waals surface area contributed by atoms with Gasteiger partial charge in [-0.3, -0.25) is 0 Å². The van der Waals surface area contributed by atoms with Gasteiger partial charge in [0.2, 0.25) is 0 Å². The van der Waals surface area contributed by atoms with E-state index in [1.807, 2.05) is 0 Å². The zero-order chi connectivity index (χ0) is 13.7. The Bertz CT molecular complexity index is 444. The fraction of sp³-hybridized carbons (Fsp3) is 0.500. The molecule has 5 heteroatoms. The molecule has 2 amide bonds. The summed E-state index contributed by atoms with van der Waals surface area (Å²) in [5, 5.41) is 5.36. The Kier molecular flexibility index (Phi) is 4.37. The first-order chi connectivity index (χ1) is 9.07. The average Bonchev–Trinajstić information content (AvgIpc) is 2.38. The van der Waals surface area contributed by atoms with Crippen LogP contribution in [0.5, 0.6) is 0 Å². The number of carbonyl (C=O) groups is 1. The van der Waals surface area contributed by atoms with Gasteiger partial charge in [-0.2, -0.15) is 0 Å². The summed E-state index contributed by atoms with van der Waals surface area (Å²) in [5.74, 6) is -0.375. The summed E-state index contributed by atoms with van der Waals surface area (Å²) in [4.78, 5) is 11.7. The van der Waals surface area contributed by atoms with Crippen LogP contribution in [0.1, 0.15) is 32.1 Å². The van der Waals surface area contributed by atoms with E-state index in [1.165, 1.54) is 18.6 Å². The average molecular weight is 265 g/mol. The van der Waals surface area contributed by atoms with Crippen molar-refractivity contribution in [3.05, 3.63) is 30.1 Å². The third kappa shape index (κ3) is 4.21. The zero-order valence-corrected chi connectivity index (χ0v) is 10.9. The number of amides is 2. The number of hydrogen-bond acceptors (Lipinski definition) is 2. The highest BCUT2D eigenvalue weighted by Gasteiger charge is 2.27. The number of nitrogens with two attached hydrogens (primary N) is 1. The maximum Gasteiger partial charge on any atom is 0.319 e. The maximum absolute atomic E-state index is 13.0. The lowest BCUT2D eigenvalue weighted by Gasteiger charge is -2.33. The van der Waals surface area contributed by atoms with E-state index in [1.54, 1.807) is 12.1 Å². The molecular weight excluding hydrogens is 245 g/mol. The number of nitrogens with one attached hydrogen (secondary N) is 2. The quantitative estimate of drug-likeness (QED) is 0.786. The van der Waals surface area contributed by atoms with E-state index in [2.05, 4.69) is 10.6 Å². The van der Waals surface area contributed by atoms with Gasteiger partial charge in [-0.25, -0.2) is 9.18 Å². The minimum Gasteiger partial charge on any atom is -0.336 e. The second kappa shape index (κ2) is 6.02. The van der Waals surface area contributed by atoms with Gasteiger partial charge in [0.05, 0.1) is 0 Å². The maximum atomic E-state index is 13.0. The monoisotopic (exact) mass is 265 g/mol. The van der Waals surface area contributed by atoms with E-state index in [0.29, 0.717) is 12.2 Å². The predicted octanol–water partition coefficient (Wildman–Crippen LogP) is 2.61. The van der Waals surface area contributed by atoms with Crippen LogP contribution >= 0.6 is 0 Å². The molecule has 1 aromatic carbocycles. The highest BCUT2D eigenvalue weighted by Crippen LogP contribution is 2.25. The molecular formula is C14H20FN3O. The van der Waals surface area contributed by atoms with Gasteiger partial charge < -0.3 is 16.4 Å². The second-order valence-electron chi connectivity index (χ2n) is 5.24. The van der Waals surface area contributed by atoms with Crippen molar-refractivity contribution in [2.24, 2.45) is 5.73 Å². The summed E-state index contributed by atoms with van der Waals surface area (Å²) < 4.78 is 13.0. The Morgan fingerprint density at radius 1 is 1.32 bits per heavy atom. The molecule has 0 bridgehead atoms. The zero-order valence-electron chi connectivity index (χ0n) is 10.9. The van der Waals surface area contributed by atoms with Crippen molar-refractivity contribution in [1.82, 2.24) is 5.32 Å². The van der Waals surface area contributed by atoms with Crippen molar-refractivity contribution >= 4 is 11.7 Å². The molecule has 0 heterocycles. The summed E-state index contributed by atoms with van der Waals surface area (Å²) in [7, 11) is 0. The number of carbonyl (C=O) groups excluding carboxylic acids is 1. The van der Waals surface area contributed by atoms with Crippen LogP contribution < -0.4 is 16.4 Å². The van der Waals surface area contributed by atoms with Crippen LogP contribution in [0.25, 0.3) is 0 Å². The number of rotatable bonds is 3. The highest BCUT2D eigenvalue weighted by atomic mass is 19.1. The Labute approximate surface area is 112 Å². The first-order valence-electron chi connectivity index (χ1n) is 6.67. The van der Waals surface area contributed by atoms with Crippen LogP contribution in [0.4, 0.5) is 14.9 Å². The van der Waals surface area contributed by atoms with Crippen molar-refractivity contribution in [2.75, 3.05) is 11.9 Å². The van der Waals surface area contributed by atoms with E-state index in [0.717, 1.165) is 25.7 Å². The van der Waals surface area contributed by atoms with Gasteiger partial charge in [-0.05, 0) is 31.0 Å². The largest absolute Gasteiger partial charge is 0.336 e. The lowest BCUT2D eigenvalue weighted by molar-refractivity contribution is 0.241. The van der Waals surface area contributed by atoms with Crippen LogP contribution in [-0.2, 0) is 0 Å². The van der Waals surface area contributed by atoms with E-state index < -0.39 is 0 Å². The molecule has 0 saturated heterocycles. The van der Waals surface area contributed by atoms with Crippen LogP contribution in [0.15, 0.2) is 24.3 Å². The molecule has 0 radical (unpaired) electrons. The molecule has 1 aliphatic rings. The summed E-state index contributed by atoms with van der Waals surface area (Å²) in [5.41, 5.74) is 6.37. The highest BCUT2D eigenvalue weighted by molar-refractivity contribution is 5.89. The Morgan fingerprint density at radius 3 is 2.74 bits per heavy atom. The summed E-state index contributed by atoms with van der Waals surface area (Å²) >= 11 is 0. The van der Waals surface area contributed by atoms with E-state index in [9.17, 15) is 9.18 Å². The molecule has 1 fully saturated rings. The molecule has 104 valence electrons. The molecule has 0 aliphatic heterocycles. The number of urea groups is 1. The fourth-order valence-electron chi connectivity index (χ4n) is 2.43. The topological polar surface area (TPSA) is 67.1 Å². The van der Waals surface area contributed by atoms with Crippen LogP contribution in [0.3, 0.4) is 0 Å². The molecule has 4 N–H and O–H groups in total. The molecule has 0 atom stereocenters. The van der Waals surface area contributed by atoms with E-state index >= 15 is 0 Å². The number of benzene rings is 1. The van der Waals surface area contributed by atoms with Gasteiger partial charge in [-0.15, -0.1) is 0 Å². The van der Waals surface area contributed by atoms with Gasteiger partial charge >= 0.3 is 6.03 Å². The van der Waals surface area contributed by atoms with Crippen molar-refractivity contribution in [3.63, 3.8) is 0 Å². The number of halogens is 1. The molecule has 1 aromatic rings. The first-order valence-corrected chi connectivity index (χ1v) is 6.67. The minimum atomic E-state index is -0.375. The SMILES string of the molecule is NC1(CNC(=O)Nc2cccc(F)c2)CCCCC1. The van der Waals surface area contributed by atoms with Gasteiger partial charge in [-0.1, -0.05) is 25.3 Å². The lowest BCUT2D eigenvalue weighted by Crippen LogP contribution is -2.52. The molecule has 0 aromatic heterocycles. The molecule has 0 spiro atoms. The van der Waals surface area contributed by atoms with Gasteiger partial charge in [0.15, 0.2) is 0 Å². The molecule has 1 aliphatic carbocycles. The summed E-state index contributed by atoms with van der Waals surface area (Å²) in [6, 6.07) is 5.46. The smallest absolute Gasteiger partial charge is 0.319 e. The van der Waals surface area contributed by atoms with Crippen LogP contribution in [0, 0.1) is 5.82 Å². The molecule has 1 saturated carbocycles. The third-order valence-electron chi connectivity index (χ3n) is 3.53. The van der Waals surface area contributed by atoms with Gasteiger partial charge in [0.1, 0.15) is 5.82 Å². The summed E-state index contributed by atoms with van der Waals surface area (Å²) in [6.07, 6.45) is 5.32. The number of hydrogen-bond donors (Lipinski definition) is 3. The summed E-state index contributed by atoms with van der Waals surface area (Å²) in [6.45, 7) is 0.453. The van der Waals surface area contributed by atoms with Crippen molar-refractivity contribution < 1.29 is 9.18 Å². The Morgan fingerprint density at radius 2 is 2.05 bits per heavy atom. The number of anilines is 1. The molecule has 4 nitrogen and oxygen atoms in total. The Balaban J connectivity index is 1.81. The lowest BCUT2D eigenvalue weighted by atomic mass is 9.82. The van der Waals surface area contributed by atoms with Crippen molar-refractivity contribution in [1.29, 1.82) is 0 Å². The second-order valence-corrected chi connectivity index (χ2v) is 5.24. The van der Waals surface area contributed by atoms with Crippen molar-refractivity contribution in [2.45, 2.75) is 37.6 Å². The fourth-order valence-corrected chi connectivity index (χ4v) is 2.43. The molecule has 2 rings (SSSR count). The molecule has 19 heavy (non-hydrogen) atoms. The standard InChI is InChI=1S/C14H20FN3O/c15-11-5-4-6-12(9-11)18-13(19)17-10-14(16)7-2-1-3-8-14/h4-6,9H,1-3,7-8,10,16H2,(H2,17,18,19). The molecule has 0 unspecified atom stereocenters. The van der Waals surface area contributed by atoms with Crippen LogP contribution in [0.2, 0.25) is 0 Å². The normalized spacial score (nSPS) is 17.8. The van der Waals surface area contributed by atoms with E-state index in [4.69, 9.17) is 5.73 Å². The van der Waals surface area contributed by atoms with Gasteiger partial charge in [0, 0.05) is 17.8 Å².